The first-order chi connectivity index (χ1) is 15.1. The van der Waals surface area contributed by atoms with Crippen LogP contribution in [0.5, 0.6) is 0 Å². The quantitative estimate of drug-likeness (QED) is 0.447. The van der Waals surface area contributed by atoms with Crippen molar-refractivity contribution in [1.29, 1.82) is 0 Å². The highest BCUT2D eigenvalue weighted by atomic mass is 16.6. The third-order valence-corrected chi connectivity index (χ3v) is 4.98. The van der Waals surface area contributed by atoms with Crippen molar-refractivity contribution in [1.82, 2.24) is 15.3 Å². The molecule has 0 unspecified atom stereocenters. The molecule has 0 saturated heterocycles. The highest BCUT2D eigenvalue weighted by Gasteiger charge is 2.30. The molecule has 1 amide bonds. The lowest BCUT2D eigenvalue weighted by Gasteiger charge is -2.33. The number of alkyl carbamates (subject to hydrolysis) is 1. The van der Waals surface area contributed by atoms with E-state index >= 15 is 0 Å². The lowest BCUT2D eigenvalue weighted by molar-refractivity contribution is 0.0487. The minimum atomic E-state index is -0.577. The summed E-state index contributed by atoms with van der Waals surface area (Å²) in [5.74, 6) is -0.230. The lowest BCUT2D eigenvalue weighted by Crippen LogP contribution is -2.50. The van der Waals surface area contributed by atoms with Crippen LogP contribution in [0, 0.1) is 6.92 Å². The van der Waals surface area contributed by atoms with E-state index in [2.05, 4.69) is 25.6 Å². The molecule has 1 aromatic heterocycles. The number of methoxy groups -OCH3 is 1. The number of anilines is 1. The van der Waals surface area contributed by atoms with Crippen LogP contribution in [0.15, 0.2) is 11.2 Å². The fourth-order valence-electron chi connectivity index (χ4n) is 3.62. The van der Waals surface area contributed by atoms with Crippen LogP contribution < -0.4 is 16.4 Å². The topological polar surface area (TPSA) is 141 Å². The van der Waals surface area contributed by atoms with E-state index in [1.165, 1.54) is 19.5 Å². The molecular formula is C22H34N6O4. The fraction of sp³-hybridized carbons (Fsp3) is 0.591. The first kappa shape index (κ1) is 25.1. The van der Waals surface area contributed by atoms with E-state index < -0.39 is 17.7 Å². The number of carbonyl (C=O) groups is 2. The molecule has 1 aromatic rings. The van der Waals surface area contributed by atoms with E-state index in [4.69, 9.17) is 15.2 Å². The predicted octanol–water partition coefficient (Wildman–Crippen LogP) is 2.82. The molecule has 4 N–H and O–H groups in total. The summed E-state index contributed by atoms with van der Waals surface area (Å²) in [4.78, 5) is 37.7. The van der Waals surface area contributed by atoms with Crippen LogP contribution in [0.4, 0.5) is 10.7 Å². The summed E-state index contributed by atoms with van der Waals surface area (Å²) in [7, 11) is 2.90. The zero-order valence-corrected chi connectivity index (χ0v) is 19.7. The Hall–Kier alpha value is -3.17. The molecule has 1 fully saturated rings. The Balaban J connectivity index is 2.34. The third-order valence-electron chi connectivity index (χ3n) is 4.98. The molecule has 10 nitrogen and oxygen atoms in total. The molecule has 1 saturated carbocycles. The fourth-order valence-corrected chi connectivity index (χ4v) is 3.62. The Labute approximate surface area is 189 Å². The van der Waals surface area contributed by atoms with Gasteiger partial charge in [-0.1, -0.05) is 12.8 Å². The van der Waals surface area contributed by atoms with Crippen LogP contribution >= 0.6 is 0 Å². The van der Waals surface area contributed by atoms with Crippen molar-refractivity contribution in [2.45, 2.75) is 71.1 Å². The standard InChI is InChI=1S/C22H34N6O4/c1-13-17(19(29)31-6)18(14(11-23)12-24-5)28-20(25-13)26-15-9-7-8-10-16(15)27-21(30)32-22(2,3)4/h11-12,15-16H,7-10,23H2,1-6H3,(H,27,30)(H,25,26,28)/b14-11+,24-12?/t15-,16+/m1/s1. The summed E-state index contributed by atoms with van der Waals surface area (Å²) < 4.78 is 10.3. The van der Waals surface area contributed by atoms with Gasteiger partial charge in [0.05, 0.1) is 24.5 Å². The van der Waals surface area contributed by atoms with E-state index in [9.17, 15) is 9.59 Å². The first-order valence-corrected chi connectivity index (χ1v) is 10.7. The number of allylic oxidation sites excluding steroid dienone is 1. The van der Waals surface area contributed by atoms with Gasteiger partial charge in [-0.05, 0) is 40.5 Å². The highest BCUT2D eigenvalue weighted by molar-refractivity contribution is 6.12. The summed E-state index contributed by atoms with van der Waals surface area (Å²) in [6.45, 7) is 7.18. The van der Waals surface area contributed by atoms with Gasteiger partial charge in [-0.3, -0.25) is 4.99 Å². The number of aromatic nitrogens is 2. The van der Waals surface area contributed by atoms with Gasteiger partial charge in [0, 0.05) is 31.1 Å². The van der Waals surface area contributed by atoms with Gasteiger partial charge < -0.3 is 25.8 Å². The largest absolute Gasteiger partial charge is 0.465 e. The number of nitrogens with one attached hydrogen (secondary N) is 2. The first-order valence-electron chi connectivity index (χ1n) is 10.7. The second-order valence-corrected chi connectivity index (χ2v) is 8.65. The number of esters is 1. The molecule has 10 heteroatoms. The number of nitrogens with zero attached hydrogens (tertiary/aromatic N) is 3. The van der Waals surface area contributed by atoms with Crippen LogP contribution in [0.25, 0.3) is 5.57 Å². The SMILES string of the molecule is CN=C/C(=C\N)c1nc(N[C@@H]2CCCC[C@@H]2NC(=O)OC(C)(C)C)nc(C)c1C(=O)OC. The number of ether oxygens (including phenoxy) is 2. The minimum absolute atomic E-state index is 0.0994. The van der Waals surface area contributed by atoms with E-state index in [0.717, 1.165) is 25.7 Å². The van der Waals surface area contributed by atoms with Crippen LogP contribution in [0.2, 0.25) is 0 Å². The van der Waals surface area contributed by atoms with Gasteiger partial charge in [-0.2, -0.15) is 0 Å². The van der Waals surface area contributed by atoms with E-state index in [1.54, 1.807) is 14.0 Å². The smallest absolute Gasteiger partial charge is 0.407 e. The maximum atomic E-state index is 12.4. The van der Waals surface area contributed by atoms with Crippen LogP contribution in [0.3, 0.4) is 0 Å². The average Bonchev–Trinajstić information content (AvgIpc) is 2.71. The van der Waals surface area contributed by atoms with Gasteiger partial charge in [-0.15, -0.1) is 0 Å². The van der Waals surface area contributed by atoms with Gasteiger partial charge in [0.25, 0.3) is 0 Å². The molecule has 176 valence electrons. The Morgan fingerprint density at radius 2 is 1.84 bits per heavy atom. The van der Waals surface area contributed by atoms with Crippen LogP contribution in [0.1, 0.15) is 68.2 Å². The van der Waals surface area contributed by atoms with Crippen molar-refractivity contribution in [2.75, 3.05) is 19.5 Å². The average molecular weight is 447 g/mol. The number of nitrogens with two attached hydrogens (primary N) is 1. The molecule has 1 aliphatic carbocycles. The second-order valence-electron chi connectivity index (χ2n) is 8.65. The predicted molar refractivity (Wildman–Crippen MR) is 124 cm³/mol. The molecule has 0 aromatic carbocycles. The van der Waals surface area contributed by atoms with Crippen molar-refractivity contribution in [2.24, 2.45) is 10.7 Å². The van der Waals surface area contributed by atoms with E-state index in [0.29, 0.717) is 22.9 Å². The number of aliphatic imine (C=N–C) groups is 1. The Bertz CT molecular complexity index is 891. The molecular weight excluding hydrogens is 412 g/mol. The summed E-state index contributed by atoms with van der Waals surface area (Å²) in [6, 6.07) is -0.245. The lowest BCUT2D eigenvalue weighted by atomic mass is 9.90. The van der Waals surface area contributed by atoms with Crippen molar-refractivity contribution in [3.05, 3.63) is 23.2 Å². The highest BCUT2D eigenvalue weighted by Crippen LogP contribution is 2.25. The van der Waals surface area contributed by atoms with Crippen LogP contribution in [-0.4, -0.2) is 60.1 Å². The number of carbonyl (C=O) groups excluding carboxylic acids is 2. The van der Waals surface area contributed by atoms with Gasteiger partial charge in [0.2, 0.25) is 5.95 Å². The minimum Gasteiger partial charge on any atom is -0.465 e. The summed E-state index contributed by atoms with van der Waals surface area (Å²) >= 11 is 0. The molecule has 1 heterocycles. The molecule has 1 aliphatic rings. The second kappa shape index (κ2) is 10.9. The number of hydrogen-bond acceptors (Lipinski definition) is 9. The van der Waals surface area contributed by atoms with Gasteiger partial charge in [0.1, 0.15) is 11.2 Å². The van der Waals surface area contributed by atoms with Crippen molar-refractivity contribution < 1.29 is 19.1 Å². The molecule has 0 spiro atoms. The number of hydrogen-bond donors (Lipinski definition) is 3. The Morgan fingerprint density at radius 3 is 2.41 bits per heavy atom. The summed E-state index contributed by atoms with van der Waals surface area (Å²) in [5, 5.41) is 6.29. The maximum Gasteiger partial charge on any atom is 0.407 e. The Kier molecular flexibility index (Phi) is 8.56. The zero-order chi connectivity index (χ0) is 23.9. The summed E-state index contributed by atoms with van der Waals surface area (Å²) in [5.41, 5.74) is 6.65. The zero-order valence-electron chi connectivity index (χ0n) is 19.7. The van der Waals surface area contributed by atoms with E-state index in [1.807, 2.05) is 20.8 Å². The maximum absolute atomic E-state index is 12.4. The van der Waals surface area contributed by atoms with Gasteiger partial charge in [-0.25, -0.2) is 19.6 Å². The molecule has 0 radical (unpaired) electrons. The molecule has 2 rings (SSSR count). The van der Waals surface area contributed by atoms with Crippen molar-refractivity contribution in [3.63, 3.8) is 0 Å². The van der Waals surface area contributed by atoms with Crippen molar-refractivity contribution >= 4 is 29.8 Å². The molecule has 0 aliphatic heterocycles. The molecule has 2 atom stereocenters. The monoisotopic (exact) mass is 446 g/mol. The van der Waals surface area contributed by atoms with Gasteiger partial charge >= 0.3 is 12.1 Å². The normalized spacial score (nSPS) is 19.5. The summed E-state index contributed by atoms with van der Waals surface area (Å²) in [6.07, 6.45) is 6.03. The molecule has 32 heavy (non-hydrogen) atoms. The molecule has 0 bridgehead atoms. The number of aryl methyl sites for hydroxylation is 1. The van der Waals surface area contributed by atoms with Crippen LogP contribution in [-0.2, 0) is 9.47 Å². The number of amides is 1. The Morgan fingerprint density at radius 1 is 1.19 bits per heavy atom. The third kappa shape index (κ3) is 6.66. The number of rotatable bonds is 6. The van der Waals surface area contributed by atoms with E-state index in [-0.39, 0.29) is 17.6 Å². The van der Waals surface area contributed by atoms with Crippen molar-refractivity contribution in [3.8, 4) is 0 Å². The van der Waals surface area contributed by atoms with Gasteiger partial charge in [0.15, 0.2) is 0 Å².